The number of H-pyrrole nitrogens is 1. The molecule has 4 rings (SSSR count). The molecule has 0 atom stereocenters. The molecule has 2 N–H and O–H groups in total. The molecular formula is C29H27ClN4O3. The summed E-state index contributed by atoms with van der Waals surface area (Å²) in [4.78, 5) is 20.2. The standard InChI is InChI=1S/C29H27ClN4O3/c1-5-36-27-14-20(13-21(15-31)29-33-24-11-17(2)18(3)12-25(24)34-29)6-9-26(27)37-16-28(35)32-22-7-8-23(30)19(4)10-22/h6-14H,5,16H2,1-4H3,(H,32,35)(H,33,34)/b21-13+. The van der Waals surface area contributed by atoms with E-state index in [2.05, 4.69) is 21.4 Å². The van der Waals surface area contributed by atoms with E-state index in [0.717, 1.165) is 33.3 Å². The largest absolute Gasteiger partial charge is 0.490 e. The van der Waals surface area contributed by atoms with Gasteiger partial charge in [0.1, 0.15) is 11.9 Å². The summed E-state index contributed by atoms with van der Waals surface area (Å²) in [5.74, 6) is 1.08. The van der Waals surface area contributed by atoms with Crippen molar-refractivity contribution >= 4 is 45.9 Å². The minimum absolute atomic E-state index is 0.196. The maximum absolute atomic E-state index is 12.4. The Balaban J connectivity index is 1.52. The van der Waals surface area contributed by atoms with Crippen LogP contribution in [0.1, 0.15) is 35.0 Å². The summed E-state index contributed by atoms with van der Waals surface area (Å²) in [6, 6.07) is 16.8. The van der Waals surface area contributed by atoms with Crippen molar-refractivity contribution in [2.24, 2.45) is 0 Å². The first-order valence-electron chi connectivity index (χ1n) is 11.8. The Morgan fingerprint density at radius 1 is 1.05 bits per heavy atom. The van der Waals surface area contributed by atoms with Crippen molar-refractivity contribution < 1.29 is 14.3 Å². The molecule has 4 aromatic rings. The van der Waals surface area contributed by atoms with E-state index in [1.807, 2.05) is 39.8 Å². The van der Waals surface area contributed by atoms with Gasteiger partial charge in [-0.1, -0.05) is 17.7 Å². The fourth-order valence-corrected chi connectivity index (χ4v) is 3.90. The van der Waals surface area contributed by atoms with Gasteiger partial charge >= 0.3 is 0 Å². The predicted octanol–water partition coefficient (Wildman–Crippen LogP) is 6.62. The molecule has 188 valence electrons. The molecule has 1 heterocycles. The summed E-state index contributed by atoms with van der Waals surface area (Å²) in [6.07, 6.45) is 1.74. The predicted molar refractivity (Wildman–Crippen MR) is 147 cm³/mol. The Bertz CT molecular complexity index is 1510. The maximum atomic E-state index is 12.4. The lowest BCUT2D eigenvalue weighted by atomic mass is 10.1. The topological polar surface area (TPSA) is 100 Å². The van der Waals surface area contributed by atoms with E-state index in [9.17, 15) is 10.1 Å². The monoisotopic (exact) mass is 514 g/mol. The van der Waals surface area contributed by atoms with Crippen LogP contribution in [-0.2, 0) is 4.79 Å². The summed E-state index contributed by atoms with van der Waals surface area (Å²) in [5, 5.41) is 13.2. The zero-order chi connectivity index (χ0) is 26.5. The highest BCUT2D eigenvalue weighted by atomic mass is 35.5. The fraction of sp³-hybridized carbons (Fsp3) is 0.207. The van der Waals surface area contributed by atoms with Crippen LogP contribution in [0.5, 0.6) is 11.5 Å². The summed E-state index contributed by atoms with van der Waals surface area (Å²) in [7, 11) is 0. The first-order valence-corrected chi connectivity index (χ1v) is 12.2. The van der Waals surface area contributed by atoms with Crippen LogP contribution in [0.2, 0.25) is 5.02 Å². The molecular weight excluding hydrogens is 488 g/mol. The summed E-state index contributed by atoms with van der Waals surface area (Å²) in [6.45, 7) is 8.02. The van der Waals surface area contributed by atoms with Crippen molar-refractivity contribution in [1.29, 1.82) is 5.26 Å². The zero-order valence-electron chi connectivity index (χ0n) is 21.1. The number of benzene rings is 3. The van der Waals surface area contributed by atoms with Crippen molar-refractivity contribution in [3.05, 3.63) is 81.6 Å². The second-order valence-electron chi connectivity index (χ2n) is 8.65. The summed E-state index contributed by atoms with van der Waals surface area (Å²) >= 11 is 6.05. The van der Waals surface area contributed by atoms with Gasteiger partial charge in [0.25, 0.3) is 5.91 Å². The lowest BCUT2D eigenvalue weighted by molar-refractivity contribution is -0.118. The number of hydrogen-bond acceptors (Lipinski definition) is 5. The molecule has 37 heavy (non-hydrogen) atoms. The van der Waals surface area contributed by atoms with Crippen LogP contribution in [0.4, 0.5) is 5.69 Å². The molecule has 0 radical (unpaired) electrons. The Hall–Kier alpha value is -4.28. The van der Waals surface area contributed by atoms with Crippen molar-refractivity contribution in [3.8, 4) is 17.6 Å². The van der Waals surface area contributed by atoms with Gasteiger partial charge in [-0.25, -0.2) is 4.98 Å². The third-order valence-electron chi connectivity index (χ3n) is 5.85. The van der Waals surface area contributed by atoms with Crippen LogP contribution in [0.15, 0.2) is 48.5 Å². The van der Waals surface area contributed by atoms with Crippen molar-refractivity contribution in [2.75, 3.05) is 18.5 Å². The first-order chi connectivity index (χ1) is 17.8. The van der Waals surface area contributed by atoms with Gasteiger partial charge in [-0.2, -0.15) is 5.26 Å². The number of nitriles is 1. The third-order valence-corrected chi connectivity index (χ3v) is 6.28. The van der Waals surface area contributed by atoms with Crippen LogP contribution in [0.3, 0.4) is 0 Å². The number of fused-ring (bicyclic) bond motifs is 1. The molecule has 0 aliphatic rings. The molecule has 7 nitrogen and oxygen atoms in total. The number of nitrogens with zero attached hydrogens (tertiary/aromatic N) is 2. The van der Waals surface area contributed by atoms with Gasteiger partial charge in [-0.3, -0.25) is 4.79 Å². The minimum Gasteiger partial charge on any atom is -0.490 e. The van der Waals surface area contributed by atoms with Gasteiger partial charge in [0.15, 0.2) is 18.1 Å². The zero-order valence-corrected chi connectivity index (χ0v) is 21.9. The number of ether oxygens (including phenoxy) is 2. The van der Waals surface area contributed by atoms with Crippen LogP contribution < -0.4 is 14.8 Å². The summed E-state index contributed by atoms with van der Waals surface area (Å²) < 4.78 is 11.5. The molecule has 0 aliphatic carbocycles. The van der Waals surface area contributed by atoms with E-state index in [1.165, 1.54) is 0 Å². The number of rotatable bonds is 8. The lowest BCUT2D eigenvalue weighted by Crippen LogP contribution is -2.20. The van der Waals surface area contributed by atoms with Gasteiger partial charge in [0.05, 0.1) is 23.2 Å². The molecule has 0 fully saturated rings. The average molecular weight is 515 g/mol. The van der Waals surface area contributed by atoms with Gasteiger partial charge in [-0.15, -0.1) is 0 Å². The molecule has 8 heteroatoms. The highest BCUT2D eigenvalue weighted by Crippen LogP contribution is 2.30. The van der Waals surface area contributed by atoms with Crippen LogP contribution in [0.25, 0.3) is 22.7 Å². The number of carbonyl (C=O) groups excluding carboxylic acids is 1. The lowest BCUT2D eigenvalue weighted by Gasteiger charge is -2.13. The molecule has 0 saturated carbocycles. The fourth-order valence-electron chi connectivity index (χ4n) is 3.78. The smallest absolute Gasteiger partial charge is 0.262 e. The number of hydrogen-bond donors (Lipinski definition) is 2. The Morgan fingerprint density at radius 3 is 2.57 bits per heavy atom. The number of carbonyl (C=O) groups is 1. The highest BCUT2D eigenvalue weighted by Gasteiger charge is 2.13. The van der Waals surface area contributed by atoms with Crippen LogP contribution >= 0.6 is 11.6 Å². The molecule has 0 unspecified atom stereocenters. The SMILES string of the molecule is CCOc1cc(/C=C(\C#N)c2nc3cc(C)c(C)cc3[nH]2)ccc1OCC(=O)Nc1ccc(Cl)c(C)c1. The quantitative estimate of drug-likeness (QED) is 0.257. The molecule has 1 amide bonds. The second-order valence-corrected chi connectivity index (χ2v) is 9.06. The summed E-state index contributed by atoms with van der Waals surface area (Å²) in [5.41, 5.74) is 6.62. The number of aromatic amines is 1. The highest BCUT2D eigenvalue weighted by molar-refractivity contribution is 6.31. The van der Waals surface area contributed by atoms with E-state index < -0.39 is 0 Å². The van der Waals surface area contributed by atoms with E-state index in [1.54, 1.807) is 42.5 Å². The maximum Gasteiger partial charge on any atom is 0.262 e. The van der Waals surface area contributed by atoms with Gasteiger partial charge in [0, 0.05) is 10.7 Å². The van der Waals surface area contributed by atoms with Crippen molar-refractivity contribution in [2.45, 2.75) is 27.7 Å². The normalized spacial score (nSPS) is 11.3. The van der Waals surface area contributed by atoms with E-state index in [-0.39, 0.29) is 12.5 Å². The molecule has 3 aromatic carbocycles. The molecule has 0 bridgehead atoms. The number of aryl methyl sites for hydroxylation is 3. The number of allylic oxidation sites excluding steroid dienone is 1. The van der Waals surface area contributed by atoms with Gasteiger partial charge in [0.2, 0.25) is 0 Å². The van der Waals surface area contributed by atoms with Gasteiger partial charge in [-0.05, 0) is 98.5 Å². The number of amides is 1. The first kappa shape index (κ1) is 25.8. The van der Waals surface area contributed by atoms with E-state index >= 15 is 0 Å². The number of halogens is 1. The Kier molecular flexibility index (Phi) is 7.80. The average Bonchev–Trinajstić information content (AvgIpc) is 3.27. The third kappa shape index (κ3) is 6.11. The van der Waals surface area contributed by atoms with Crippen molar-refractivity contribution in [3.63, 3.8) is 0 Å². The van der Waals surface area contributed by atoms with E-state index in [4.69, 9.17) is 21.1 Å². The Labute approximate surface area is 220 Å². The number of anilines is 1. The Morgan fingerprint density at radius 2 is 1.84 bits per heavy atom. The van der Waals surface area contributed by atoms with E-state index in [0.29, 0.717) is 40.2 Å². The molecule has 0 spiro atoms. The number of imidazole rings is 1. The molecule has 0 saturated heterocycles. The number of nitrogens with one attached hydrogen (secondary N) is 2. The molecule has 0 aliphatic heterocycles. The number of aromatic nitrogens is 2. The van der Waals surface area contributed by atoms with Crippen molar-refractivity contribution in [1.82, 2.24) is 9.97 Å². The van der Waals surface area contributed by atoms with Crippen LogP contribution in [-0.4, -0.2) is 29.1 Å². The van der Waals surface area contributed by atoms with Crippen LogP contribution in [0, 0.1) is 32.1 Å². The second kappa shape index (κ2) is 11.2. The molecule has 1 aromatic heterocycles. The minimum atomic E-state index is -0.310. The van der Waals surface area contributed by atoms with Gasteiger partial charge < -0.3 is 19.8 Å².